The van der Waals surface area contributed by atoms with Crippen LogP contribution < -0.4 is 0 Å². The van der Waals surface area contributed by atoms with E-state index in [4.69, 9.17) is 0 Å². The van der Waals surface area contributed by atoms with Gasteiger partial charge in [0.2, 0.25) is 5.91 Å². The summed E-state index contributed by atoms with van der Waals surface area (Å²) < 4.78 is 2.33. The Morgan fingerprint density at radius 3 is 2.74 bits per heavy atom. The quantitative estimate of drug-likeness (QED) is 0.507. The maximum Gasteiger partial charge on any atom is 0.227 e. The van der Waals surface area contributed by atoms with Crippen molar-refractivity contribution in [2.75, 3.05) is 6.54 Å². The van der Waals surface area contributed by atoms with Crippen LogP contribution >= 0.6 is 0 Å². The van der Waals surface area contributed by atoms with Crippen LogP contribution in [0.15, 0.2) is 73.2 Å². The molecule has 0 bridgehead atoms. The van der Waals surface area contributed by atoms with Crippen molar-refractivity contribution in [3.63, 3.8) is 0 Å². The van der Waals surface area contributed by atoms with Crippen LogP contribution in [-0.2, 0) is 17.8 Å². The van der Waals surface area contributed by atoms with Crippen molar-refractivity contribution < 1.29 is 4.79 Å². The Morgan fingerprint density at radius 2 is 1.97 bits per heavy atom. The molecular weight excluding hydrogens is 384 g/mol. The number of hydrogen-bond donors (Lipinski definition) is 1. The minimum Gasteiger partial charge on any atom is -0.347 e. The fourth-order valence-electron chi connectivity index (χ4n) is 5.04. The van der Waals surface area contributed by atoms with Crippen LogP contribution in [0.2, 0.25) is 0 Å². The summed E-state index contributed by atoms with van der Waals surface area (Å²) >= 11 is 0. The van der Waals surface area contributed by atoms with E-state index in [0.29, 0.717) is 12.3 Å². The fraction of sp³-hybridized carbons (Fsp3) is 0.308. The molecule has 0 saturated carbocycles. The number of amides is 1. The van der Waals surface area contributed by atoms with Gasteiger partial charge in [-0.3, -0.25) is 9.89 Å². The number of H-pyrrole nitrogens is 1. The Labute approximate surface area is 182 Å². The zero-order valence-corrected chi connectivity index (χ0v) is 18.1. The molecule has 0 spiro atoms. The molecule has 158 valence electrons. The Kier molecular flexibility index (Phi) is 4.89. The lowest BCUT2D eigenvalue weighted by Gasteiger charge is -2.31. The van der Waals surface area contributed by atoms with Crippen molar-refractivity contribution in [3.8, 4) is 11.1 Å². The predicted octanol–water partition coefficient (Wildman–Crippen LogP) is 4.90. The summed E-state index contributed by atoms with van der Waals surface area (Å²) in [6.07, 6.45) is 7.42. The zero-order valence-electron chi connectivity index (χ0n) is 18.1. The number of carbonyl (C=O) groups is 1. The van der Waals surface area contributed by atoms with Crippen molar-refractivity contribution >= 4 is 16.8 Å². The van der Waals surface area contributed by atoms with E-state index in [1.807, 2.05) is 42.7 Å². The van der Waals surface area contributed by atoms with E-state index in [2.05, 4.69) is 64.0 Å². The maximum absolute atomic E-state index is 13.1. The normalized spacial score (nSPS) is 18.0. The van der Waals surface area contributed by atoms with Gasteiger partial charge in [-0.15, -0.1) is 0 Å². The number of fused-ring (bicyclic) bond motifs is 1. The number of likely N-dealkylation sites (tertiary alicyclic amines) is 1. The van der Waals surface area contributed by atoms with Gasteiger partial charge in [-0.25, -0.2) is 0 Å². The Morgan fingerprint density at radius 1 is 1.13 bits per heavy atom. The average molecular weight is 413 g/mol. The summed E-state index contributed by atoms with van der Waals surface area (Å²) in [7, 11) is 0. The minimum atomic E-state index is -0.117. The molecule has 5 rings (SSSR count). The molecule has 0 aliphatic carbocycles. The summed E-state index contributed by atoms with van der Waals surface area (Å²) in [5.74, 6) is 0.666. The number of nitrogens with one attached hydrogen (secondary N) is 1. The van der Waals surface area contributed by atoms with E-state index >= 15 is 0 Å². The molecule has 2 aromatic carbocycles. The molecule has 0 radical (unpaired) electrons. The van der Waals surface area contributed by atoms with Crippen molar-refractivity contribution in [2.45, 2.75) is 38.8 Å². The summed E-state index contributed by atoms with van der Waals surface area (Å²) in [6.45, 7) is 6.13. The van der Waals surface area contributed by atoms with Gasteiger partial charge in [0.1, 0.15) is 0 Å². The van der Waals surface area contributed by atoms with E-state index < -0.39 is 0 Å². The zero-order chi connectivity index (χ0) is 21.4. The molecule has 5 heteroatoms. The van der Waals surface area contributed by atoms with E-state index in [0.717, 1.165) is 30.6 Å². The summed E-state index contributed by atoms with van der Waals surface area (Å²) in [5, 5.41) is 8.16. The molecule has 3 heterocycles. The van der Waals surface area contributed by atoms with Crippen LogP contribution in [0.25, 0.3) is 22.0 Å². The van der Waals surface area contributed by atoms with Gasteiger partial charge in [0, 0.05) is 47.5 Å². The van der Waals surface area contributed by atoms with Crippen LogP contribution in [0.4, 0.5) is 0 Å². The third-order valence-corrected chi connectivity index (χ3v) is 6.52. The lowest BCUT2D eigenvalue weighted by atomic mass is 9.96. The first kappa shape index (κ1) is 19.6. The van der Waals surface area contributed by atoms with Crippen molar-refractivity contribution in [1.29, 1.82) is 0 Å². The molecule has 1 atom stereocenters. The Bertz CT molecular complexity index is 1190. The lowest BCUT2D eigenvalue weighted by Crippen LogP contribution is -2.43. The highest BCUT2D eigenvalue weighted by atomic mass is 16.2. The monoisotopic (exact) mass is 412 g/mol. The molecule has 2 aromatic heterocycles. The van der Waals surface area contributed by atoms with E-state index in [9.17, 15) is 4.79 Å². The molecule has 1 fully saturated rings. The van der Waals surface area contributed by atoms with E-state index in [1.54, 1.807) is 0 Å². The molecular formula is C26H28N4O. The highest BCUT2D eigenvalue weighted by Gasteiger charge is 2.40. The molecule has 1 N–H and O–H groups in total. The second kappa shape index (κ2) is 7.73. The topological polar surface area (TPSA) is 53.9 Å². The predicted molar refractivity (Wildman–Crippen MR) is 124 cm³/mol. The lowest BCUT2D eigenvalue weighted by molar-refractivity contribution is -0.133. The van der Waals surface area contributed by atoms with Gasteiger partial charge in [-0.1, -0.05) is 36.4 Å². The van der Waals surface area contributed by atoms with Crippen LogP contribution in [0, 0.1) is 5.92 Å². The van der Waals surface area contributed by atoms with Crippen LogP contribution in [0.5, 0.6) is 0 Å². The van der Waals surface area contributed by atoms with Crippen molar-refractivity contribution in [3.05, 3.63) is 78.8 Å². The van der Waals surface area contributed by atoms with Gasteiger partial charge in [-0.2, -0.15) is 5.10 Å². The first-order chi connectivity index (χ1) is 15.0. The number of aromatic nitrogens is 3. The van der Waals surface area contributed by atoms with Crippen LogP contribution in [-0.4, -0.2) is 37.7 Å². The van der Waals surface area contributed by atoms with E-state index in [-0.39, 0.29) is 11.4 Å². The summed E-state index contributed by atoms with van der Waals surface area (Å²) in [4.78, 5) is 15.1. The Balaban J connectivity index is 1.31. The molecule has 1 amide bonds. The standard InChI is InChI=1S/C26H28N4O/c1-26(2)14-20(18-30(26)25(31)12-19-6-4-3-5-7-19)17-29-11-10-22-13-21(8-9-24(22)29)23-15-27-28-16-23/h3-11,13,15-16,20H,12,14,17-18H2,1-2H3,(H,27,28). The number of nitrogens with zero attached hydrogens (tertiary/aromatic N) is 3. The van der Waals surface area contributed by atoms with Gasteiger partial charge < -0.3 is 9.47 Å². The number of aromatic amines is 1. The molecule has 1 aliphatic heterocycles. The second-order valence-corrected chi connectivity index (χ2v) is 9.28. The molecule has 4 aromatic rings. The van der Waals surface area contributed by atoms with Gasteiger partial charge in [0.15, 0.2) is 0 Å². The minimum absolute atomic E-state index is 0.117. The number of carbonyl (C=O) groups excluding carboxylic acids is 1. The SMILES string of the molecule is CC1(C)CC(Cn2ccc3cc(-c4cn[nH]c4)ccc32)CN1C(=O)Cc1ccccc1. The highest BCUT2D eigenvalue weighted by molar-refractivity contribution is 5.85. The number of hydrogen-bond acceptors (Lipinski definition) is 2. The molecule has 31 heavy (non-hydrogen) atoms. The van der Waals surface area contributed by atoms with Gasteiger partial charge in [0.25, 0.3) is 0 Å². The smallest absolute Gasteiger partial charge is 0.227 e. The largest absolute Gasteiger partial charge is 0.347 e. The molecule has 1 saturated heterocycles. The Hall–Kier alpha value is -3.34. The van der Waals surface area contributed by atoms with Gasteiger partial charge in [-0.05, 0) is 55.5 Å². The van der Waals surface area contributed by atoms with E-state index in [1.165, 1.54) is 16.5 Å². The average Bonchev–Trinajstić information content (AvgIpc) is 3.48. The van der Waals surface area contributed by atoms with Crippen molar-refractivity contribution in [2.24, 2.45) is 5.92 Å². The first-order valence-electron chi connectivity index (χ1n) is 10.9. The van der Waals surface area contributed by atoms with Crippen LogP contribution in [0.1, 0.15) is 25.8 Å². The first-order valence-corrected chi connectivity index (χ1v) is 10.9. The molecule has 5 nitrogen and oxygen atoms in total. The summed E-state index contributed by atoms with van der Waals surface area (Å²) in [6, 6.07) is 18.8. The maximum atomic E-state index is 13.1. The molecule has 1 unspecified atom stereocenters. The number of rotatable bonds is 5. The second-order valence-electron chi connectivity index (χ2n) is 9.28. The van der Waals surface area contributed by atoms with Gasteiger partial charge >= 0.3 is 0 Å². The van der Waals surface area contributed by atoms with Crippen LogP contribution in [0.3, 0.4) is 0 Å². The highest BCUT2D eigenvalue weighted by Crippen LogP contribution is 2.35. The van der Waals surface area contributed by atoms with Gasteiger partial charge in [0.05, 0.1) is 12.6 Å². The van der Waals surface area contributed by atoms with Crippen molar-refractivity contribution in [1.82, 2.24) is 19.7 Å². The number of benzene rings is 2. The summed E-state index contributed by atoms with van der Waals surface area (Å²) in [5.41, 5.74) is 4.46. The third-order valence-electron chi connectivity index (χ3n) is 6.52. The fourth-order valence-corrected chi connectivity index (χ4v) is 5.04. The molecule has 1 aliphatic rings. The third kappa shape index (κ3) is 3.88.